The van der Waals surface area contributed by atoms with Gasteiger partial charge in [0.1, 0.15) is 0 Å². The number of nitrogens with two attached hydrogens (primary N) is 1. The summed E-state index contributed by atoms with van der Waals surface area (Å²) in [5.41, 5.74) is 7.29. The van der Waals surface area contributed by atoms with Crippen LogP contribution in [0.3, 0.4) is 0 Å². The van der Waals surface area contributed by atoms with Crippen LogP contribution in [-0.4, -0.2) is 28.9 Å². The van der Waals surface area contributed by atoms with E-state index >= 15 is 0 Å². The minimum absolute atomic E-state index is 0.302. The highest BCUT2D eigenvalue weighted by Crippen LogP contribution is 2.35. The highest BCUT2D eigenvalue weighted by atomic mass is 16.2. The summed E-state index contributed by atoms with van der Waals surface area (Å²) in [7, 11) is 0. The maximum Gasteiger partial charge on any atom is 0.223 e. The molecule has 3 heteroatoms. The lowest BCUT2D eigenvalue weighted by Crippen LogP contribution is -2.50. The van der Waals surface area contributed by atoms with Crippen LogP contribution >= 0.6 is 0 Å². The molecule has 19 heavy (non-hydrogen) atoms. The van der Waals surface area contributed by atoms with E-state index in [1.807, 2.05) is 18.2 Å². The topological polar surface area (TPSA) is 46.3 Å². The summed E-state index contributed by atoms with van der Waals surface area (Å²) in [5.74, 6) is 0.322. The van der Waals surface area contributed by atoms with Crippen LogP contribution in [-0.2, 0) is 11.2 Å². The number of hydrogen-bond acceptors (Lipinski definition) is 2. The summed E-state index contributed by atoms with van der Waals surface area (Å²) in [5, 5.41) is 0. The van der Waals surface area contributed by atoms with Gasteiger partial charge in [0, 0.05) is 24.5 Å². The van der Waals surface area contributed by atoms with Gasteiger partial charge in [-0.1, -0.05) is 30.3 Å². The third-order valence-corrected chi connectivity index (χ3v) is 4.53. The van der Waals surface area contributed by atoms with Gasteiger partial charge in [-0.25, -0.2) is 0 Å². The fraction of sp³-hybridized carbons (Fsp3) is 0.562. The van der Waals surface area contributed by atoms with E-state index in [-0.39, 0.29) is 0 Å². The SMILES string of the molecule is NC1CC2CCC(C1)N2C(=O)CCc1ccccc1. The average molecular weight is 258 g/mol. The van der Waals surface area contributed by atoms with Crippen LogP contribution in [0, 0.1) is 0 Å². The van der Waals surface area contributed by atoms with Gasteiger partial charge in [-0.05, 0) is 37.7 Å². The lowest BCUT2D eigenvalue weighted by atomic mass is 9.97. The van der Waals surface area contributed by atoms with Gasteiger partial charge in [0.25, 0.3) is 0 Å². The number of nitrogens with zero attached hydrogens (tertiary/aromatic N) is 1. The Morgan fingerprint density at radius 3 is 2.42 bits per heavy atom. The van der Waals surface area contributed by atoms with E-state index in [4.69, 9.17) is 5.73 Å². The van der Waals surface area contributed by atoms with Crippen LogP contribution in [0.2, 0.25) is 0 Å². The molecule has 1 aromatic carbocycles. The third-order valence-electron chi connectivity index (χ3n) is 4.53. The van der Waals surface area contributed by atoms with Crippen molar-refractivity contribution in [3.05, 3.63) is 35.9 Å². The lowest BCUT2D eigenvalue weighted by molar-refractivity contribution is -0.135. The Hall–Kier alpha value is -1.35. The number of fused-ring (bicyclic) bond motifs is 2. The van der Waals surface area contributed by atoms with Crippen molar-refractivity contribution in [1.82, 2.24) is 4.90 Å². The molecule has 1 amide bonds. The zero-order valence-corrected chi connectivity index (χ0v) is 11.3. The Balaban J connectivity index is 1.59. The molecule has 2 bridgehead atoms. The number of hydrogen-bond donors (Lipinski definition) is 1. The van der Waals surface area contributed by atoms with Crippen LogP contribution in [0.5, 0.6) is 0 Å². The monoisotopic (exact) mass is 258 g/mol. The molecular formula is C16H22N2O. The van der Waals surface area contributed by atoms with Gasteiger partial charge in [-0.3, -0.25) is 4.79 Å². The van der Waals surface area contributed by atoms with Gasteiger partial charge < -0.3 is 10.6 Å². The van der Waals surface area contributed by atoms with Gasteiger partial charge in [-0.15, -0.1) is 0 Å². The number of rotatable bonds is 3. The summed E-state index contributed by atoms with van der Waals surface area (Å²) in [6.45, 7) is 0. The molecule has 2 unspecified atom stereocenters. The van der Waals surface area contributed by atoms with Crippen molar-refractivity contribution < 1.29 is 4.79 Å². The molecule has 0 saturated carbocycles. The number of piperidine rings is 1. The number of carbonyl (C=O) groups excluding carboxylic acids is 1. The van der Waals surface area contributed by atoms with Crippen molar-refractivity contribution in [2.45, 2.75) is 56.7 Å². The van der Waals surface area contributed by atoms with Crippen LogP contribution in [0.4, 0.5) is 0 Å². The number of amides is 1. The first-order chi connectivity index (χ1) is 9.24. The Labute approximate surface area is 114 Å². The van der Waals surface area contributed by atoms with E-state index in [0.29, 0.717) is 30.5 Å². The Kier molecular flexibility index (Phi) is 3.56. The smallest absolute Gasteiger partial charge is 0.223 e. The molecule has 3 nitrogen and oxygen atoms in total. The first kappa shape index (κ1) is 12.7. The standard InChI is InChI=1S/C16H22N2O/c17-13-10-14-7-8-15(11-13)18(14)16(19)9-6-12-4-2-1-3-5-12/h1-5,13-15H,6-11,17H2. The second-order valence-electron chi connectivity index (χ2n) is 5.90. The van der Waals surface area contributed by atoms with E-state index in [1.54, 1.807) is 0 Å². The lowest BCUT2D eigenvalue weighted by Gasteiger charge is -2.37. The average Bonchev–Trinajstić information content (AvgIpc) is 2.70. The Bertz CT molecular complexity index is 431. The minimum Gasteiger partial charge on any atom is -0.337 e. The predicted octanol–water partition coefficient (Wildman–Crippen LogP) is 2.10. The van der Waals surface area contributed by atoms with Crippen molar-refractivity contribution in [1.29, 1.82) is 0 Å². The fourth-order valence-corrected chi connectivity index (χ4v) is 3.65. The highest BCUT2D eigenvalue weighted by Gasteiger charge is 2.41. The second-order valence-corrected chi connectivity index (χ2v) is 5.90. The molecule has 0 aromatic heterocycles. The van der Waals surface area contributed by atoms with Crippen LogP contribution < -0.4 is 5.73 Å². The van der Waals surface area contributed by atoms with Gasteiger partial charge in [-0.2, -0.15) is 0 Å². The first-order valence-corrected chi connectivity index (χ1v) is 7.34. The van der Waals surface area contributed by atoms with Crippen molar-refractivity contribution >= 4 is 5.91 Å². The number of aryl methyl sites for hydroxylation is 1. The quantitative estimate of drug-likeness (QED) is 0.902. The van der Waals surface area contributed by atoms with Crippen molar-refractivity contribution in [3.8, 4) is 0 Å². The summed E-state index contributed by atoms with van der Waals surface area (Å²) < 4.78 is 0. The fourth-order valence-electron chi connectivity index (χ4n) is 3.65. The Morgan fingerprint density at radius 2 is 1.79 bits per heavy atom. The summed E-state index contributed by atoms with van der Waals surface area (Å²) >= 11 is 0. The molecule has 2 saturated heterocycles. The Morgan fingerprint density at radius 1 is 1.16 bits per heavy atom. The molecule has 2 fully saturated rings. The molecule has 1 aromatic rings. The van der Waals surface area contributed by atoms with E-state index in [9.17, 15) is 4.79 Å². The number of benzene rings is 1. The van der Waals surface area contributed by atoms with E-state index in [0.717, 1.165) is 32.1 Å². The van der Waals surface area contributed by atoms with E-state index in [1.165, 1.54) is 5.56 Å². The molecule has 2 N–H and O–H groups in total. The molecule has 2 aliphatic heterocycles. The van der Waals surface area contributed by atoms with E-state index < -0.39 is 0 Å². The van der Waals surface area contributed by atoms with Crippen molar-refractivity contribution in [2.24, 2.45) is 5.73 Å². The number of carbonyl (C=O) groups is 1. The molecule has 0 spiro atoms. The summed E-state index contributed by atoms with van der Waals surface area (Å²) in [4.78, 5) is 14.6. The molecule has 102 valence electrons. The molecular weight excluding hydrogens is 236 g/mol. The second kappa shape index (κ2) is 5.33. The van der Waals surface area contributed by atoms with Crippen LogP contribution in [0.1, 0.15) is 37.7 Å². The van der Waals surface area contributed by atoms with E-state index in [2.05, 4.69) is 17.0 Å². The third kappa shape index (κ3) is 2.66. The van der Waals surface area contributed by atoms with Crippen LogP contribution in [0.25, 0.3) is 0 Å². The maximum absolute atomic E-state index is 12.4. The predicted molar refractivity (Wildman–Crippen MR) is 75.6 cm³/mol. The molecule has 0 aliphatic carbocycles. The highest BCUT2D eigenvalue weighted by molar-refractivity contribution is 5.77. The molecule has 3 rings (SSSR count). The minimum atomic E-state index is 0.302. The molecule has 2 atom stereocenters. The van der Waals surface area contributed by atoms with Crippen molar-refractivity contribution in [2.75, 3.05) is 0 Å². The maximum atomic E-state index is 12.4. The van der Waals surface area contributed by atoms with Crippen LogP contribution in [0.15, 0.2) is 30.3 Å². The van der Waals surface area contributed by atoms with Gasteiger partial charge in [0.15, 0.2) is 0 Å². The zero-order chi connectivity index (χ0) is 13.2. The zero-order valence-electron chi connectivity index (χ0n) is 11.3. The van der Waals surface area contributed by atoms with Gasteiger partial charge in [0.2, 0.25) is 5.91 Å². The molecule has 0 radical (unpaired) electrons. The molecule has 2 aliphatic rings. The molecule has 2 heterocycles. The van der Waals surface area contributed by atoms with Crippen molar-refractivity contribution in [3.63, 3.8) is 0 Å². The summed E-state index contributed by atoms with van der Waals surface area (Å²) in [6, 6.07) is 11.4. The summed E-state index contributed by atoms with van der Waals surface area (Å²) in [6.07, 6.45) is 5.76. The van der Waals surface area contributed by atoms with Gasteiger partial charge in [0.05, 0.1) is 0 Å². The first-order valence-electron chi connectivity index (χ1n) is 7.34. The normalized spacial score (nSPS) is 29.5. The van der Waals surface area contributed by atoms with Gasteiger partial charge >= 0.3 is 0 Å². The largest absolute Gasteiger partial charge is 0.337 e.